The average Bonchev–Trinajstić information content (AvgIpc) is 3.23. The molecule has 0 heterocycles. The van der Waals surface area contributed by atoms with Gasteiger partial charge in [0.05, 0.1) is 11.5 Å². The minimum Gasteiger partial charge on any atom is -0.378 e. The van der Waals surface area contributed by atoms with Crippen molar-refractivity contribution in [2.45, 2.75) is 62.6 Å². The fourth-order valence-corrected chi connectivity index (χ4v) is 8.90. The summed E-state index contributed by atoms with van der Waals surface area (Å²) >= 11 is 0. The SMILES string of the molecule is C[C@]12C[C@H](C3(C#N)C=CC(c4ccccc4)C=C3)[C@H]3[C@@H](CCC4=CC(=O)CC[C@@H]43)[C@@H]1C=C[C@@]2(O)C(F)(F)C(F)(F)F. The molecule has 5 aliphatic carbocycles. The van der Waals surface area contributed by atoms with Crippen LogP contribution < -0.4 is 0 Å². The van der Waals surface area contributed by atoms with Gasteiger partial charge in [-0.25, -0.2) is 0 Å². The Balaban J connectivity index is 1.47. The summed E-state index contributed by atoms with van der Waals surface area (Å²) in [6, 6.07) is 12.1. The molecule has 41 heavy (non-hydrogen) atoms. The zero-order valence-corrected chi connectivity index (χ0v) is 22.6. The van der Waals surface area contributed by atoms with Gasteiger partial charge in [-0.2, -0.15) is 27.2 Å². The van der Waals surface area contributed by atoms with Crippen LogP contribution >= 0.6 is 0 Å². The minimum atomic E-state index is -5.96. The molecule has 3 nitrogen and oxygen atoms in total. The second-order valence-electron chi connectivity index (χ2n) is 12.8. The Hall–Kier alpha value is -3.05. The van der Waals surface area contributed by atoms with Crippen LogP contribution in [-0.2, 0) is 4.79 Å². The largest absolute Gasteiger partial charge is 0.456 e. The first-order valence-corrected chi connectivity index (χ1v) is 14.2. The fraction of sp³-hybridized carbons (Fsp3) is 0.515. The van der Waals surface area contributed by atoms with E-state index in [1.807, 2.05) is 42.5 Å². The van der Waals surface area contributed by atoms with Gasteiger partial charge in [-0.05, 0) is 73.0 Å². The lowest BCUT2D eigenvalue weighted by Gasteiger charge is -2.61. The summed E-state index contributed by atoms with van der Waals surface area (Å²) < 4.78 is 71.8. The van der Waals surface area contributed by atoms with Gasteiger partial charge in [0.2, 0.25) is 0 Å². The summed E-state index contributed by atoms with van der Waals surface area (Å²) in [5.74, 6) is -7.49. The van der Waals surface area contributed by atoms with E-state index in [1.54, 1.807) is 18.2 Å². The molecule has 0 saturated heterocycles. The molecule has 6 rings (SSSR count). The molecule has 1 N–H and O–H groups in total. The number of fused-ring (bicyclic) bond motifs is 5. The van der Waals surface area contributed by atoms with Crippen LogP contribution in [0.1, 0.15) is 50.5 Å². The molecule has 0 aliphatic heterocycles. The van der Waals surface area contributed by atoms with E-state index >= 15 is 8.78 Å². The lowest BCUT2D eigenvalue weighted by Crippen LogP contribution is -2.67. The molecule has 0 radical (unpaired) electrons. The molecule has 2 fully saturated rings. The van der Waals surface area contributed by atoms with Crippen molar-refractivity contribution < 1.29 is 31.9 Å². The minimum absolute atomic E-state index is 0.0324. The second kappa shape index (κ2) is 9.22. The fourth-order valence-electron chi connectivity index (χ4n) is 8.90. The summed E-state index contributed by atoms with van der Waals surface area (Å²) in [5, 5.41) is 22.1. The number of hydrogen-bond donors (Lipinski definition) is 1. The van der Waals surface area contributed by atoms with Crippen LogP contribution in [0.15, 0.2) is 78.4 Å². The molecule has 2 saturated carbocycles. The number of nitrogens with zero attached hydrogens (tertiary/aromatic N) is 1. The Labute approximate surface area is 236 Å². The predicted molar refractivity (Wildman–Crippen MR) is 142 cm³/mol. The van der Waals surface area contributed by atoms with Gasteiger partial charge in [-0.1, -0.05) is 73.2 Å². The third kappa shape index (κ3) is 3.87. The number of hydrogen-bond acceptors (Lipinski definition) is 3. The first-order valence-electron chi connectivity index (χ1n) is 14.2. The summed E-state index contributed by atoms with van der Waals surface area (Å²) in [6.07, 6.45) is 6.83. The van der Waals surface area contributed by atoms with Crippen molar-refractivity contribution in [3.8, 4) is 6.07 Å². The molecule has 0 bridgehead atoms. The Morgan fingerprint density at radius 3 is 2.29 bits per heavy atom. The molecule has 0 unspecified atom stereocenters. The lowest BCUT2D eigenvalue weighted by molar-refractivity contribution is -0.356. The first kappa shape index (κ1) is 28.1. The van der Waals surface area contributed by atoms with Crippen LogP contribution in [0.4, 0.5) is 22.0 Å². The van der Waals surface area contributed by atoms with Crippen LogP contribution in [0, 0.1) is 51.8 Å². The predicted octanol–water partition coefficient (Wildman–Crippen LogP) is 7.48. The van der Waals surface area contributed by atoms with Gasteiger partial charge in [0.25, 0.3) is 0 Å². The topological polar surface area (TPSA) is 61.1 Å². The van der Waals surface area contributed by atoms with Gasteiger partial charge < -0.3 is 5.11 Å². The van der Waals surface area contributed by atoms with E-state index in [2.05, 4.69) is 6.07 Å². The Morgan fingerprint density at radius 1 is 0.976 bits per heavy atom. The lowest BCUT2D eigenvalue weighted by atomic mass is 9.43. The number of carbonyl (C=O) groups excluding carboxylic acids is 1. The van der Waals surface area contributed by atoms with Gasteiger partial charge in [0, 0.05) is 17.8 Å². The molecule has 1 aromatic carbocycles. The molecular weight excluding hydrogens is 537 g/mol. The number of ketones is 1. The van der Waals surface area contributed by atoms with E-state index in [0.717, 1.165) is 11.1 Å². The zero-order valence-electron chi connectivity index (χ0n) is 22.6. The van der Waals surface area contributed by atoms with Crippen molar-refractivity contribution in [2.75, 3.05) is 0 Å². The van der Waals surface area contributed by atoms with Gasteiger partial charge >= 0.3 is 12.1 Å². The van der Waals surface area contributed by atoms with Crippen molar-refractivity contribution in [1.82, 2.24) is 0 Å². The highest BCUT2D eigenvalue weighted by molar-refractivity contribution is 5.91. The van der Waals surface area contributed by atoms with Crippen LogP contribution in [0.2, 0.25) is 0 Å². The summed E-state index contributed by atoms with van der Waals surface area (Å²) in [7, 11) is 0. The van der Waals surface area contributed by atoms with E-state index in [0.29, 0.717) is 31.8 Å². The highest BCUT2D eigenvalue weighted by atomic mass is 19.4. The maximum absolute atomic E-state index is 15.2. The molecule has 7 atom stereocenters. The maximum atomic E-state index is 15.2. The van der Waals surface area contributed by atoms with Crippen LogP contribution in [0.25, 0.3) is 0 Å². The number of alkyl halides is 5. The van der Waals surface area contributed by atoms with Gasteiger partial charge in [0.15, 0.2) is 11.4 Å². The highest BCUT2D eigenvalue weighted by Gasteiger charge is 2.78. The monoisotopic (exact) mass is 569 g/mol. The van der Waals surface area contributed by atoms with E-state index in [1.165, 1.54) is 13.0 Å². The van der Waals surface area contributed by atoms with Crippen molar-refractivity contribution in [3.05, 3.63) is 84.0 Å². The first-order chi connectivity index (χ1) is 19.3. The van der Waals surface area contributed by atoms with Gasteiger partial charge in [-0.3, -0.25) is 4.79 Å². The molecule has 0 spiro atoms. The van der Waals surface area contributed by atoms with Crippen LogP contribution in [0.5, 0.6) is 0 Å². The summed E-state index contributed by atoms with van der Waals surface area (Å²) in [6.45, 7) is 1.34. The third-order valence-electron chi connectivity index (χ3n) is 11.0. The highest BCUT2D eigenvalue weighted by Crippen LogP contribution is 2.70. The quantitative estimate of drug-likeness (QED) is 0.303. The Bertz CT molecular complexity index is 1390. The van der Waals surface area contributed by atoms with Gasteiger partial charge in [0.1, 0.15) is 0 Å². The molecule has 5 aliphatic rings. The normalized spacial score (nSPS) is 41.7. The van der Waals surface area contributed by atoms with Crippen LogP contribution in [-0.4, -0.2) is 28.6 Å². The summed E-state index contributed by atoms with van der Waals surface area (Å²) in [4.78, 5) is 12.3. The number of carbonyl (C=O) groups is 1. The molecule has 1 aromatic rings. The zero-order chi connectivity index (χ0) is 29.4. The Morgan fingerprint density at radius 2 is 1.66 bits per heavy atom. The van der Waals surface area contributed by atoms with E-state index < -0.39 is 40.4 Å². The maximum Gasteiger partial charge on any atom is 0.456 e. The number of halogens is 5. The van der Waals surface area contributed by atoms with E-state index in [9.17, 15) is 28.3 Å². The molecular formula is C33H32F5NO2. The van der Waals surface area contributed by atoms with Crippen molar-refractivity contribution in [3.63, 3.8) is 0 Å². The number of allylic oxidation sites excluding steroid dienone is 7. The standard InChI is InChI=1S/C33H32F5NO2/c1-29-18-27(30(19-39)14-11-21(12-15-30)20-5-3-2-4-6-20)28-24-10-8-23(40)17-22(24)7-9-25(28)26(29)13-16-31(29,41)32(34,35)33(36,37)38/h2-6,11-17,21,24-28,41H,7-10,18H2,1H3/t21?,24-,25-,26-,27-,28+,29-,30?,31-/m0/s1. The van der Waals surface area contributed by atoms with E-state index in [-0.39, 0.29) is 35.9 Å². The molecule has 8 heteroatoms. The third-order valence-corrected chi connectivity index (χ3v) is 11.0. The number of benzene rings is 1. The number of aliphatic hydroxyl groups is 1. The van der Waals surface area contributed by atoms with E-state index in [4.69, 9.17) is 0 Å². The molecule has 216 valence electrons. The molecule has 0 amide bonds. The van der Waals surface area contributed by atoms with Crippen molar-refractivity contribution in [1.29, 1.82) is 5.26 Å². The van der Waals surface area contributed by atoms with Crippen LogP contribution in [0.3, 0.4) is 0 Å². The summed E-state index contributed by atoms with van der Waals surface area (Å²) in [5.41, 5.74) is -4.62. The second-order valence-corrected chi connectivity index (χ2v) is 12.8. The average molecular weight is 570 g/mol. The smallest absolute Gasteiger partial charge is 0.378 e. The van der Waals surface area contributed by atoms with Gasteiger partial charge in [-0.15, -0.1) is 0 Å². The number of nitriles is 1. The Kier molecular flexibility index (Phi) is 6.32. The number of rotatable bonds is 3. The van der Waals surface area contributed by atoms with Crippen molar-refractivity contribution >= 4 is 5.78 Å². The molecule has 0 aromatic heterocycles. The van der Waals surface area contributed by atoms with Crippen molar-refractivity contribution in [2.24, 2.45) is 40.4 Å².